The predicted octanol–water partition coefficient (Wildman–Crippen LogP) is 2.00. The monoisotopic (exact) mass is 403 g/mol. The number of sulfonamides is 1. The van der Waals surface area contributed by atoms with Gasteiger partial charge in [-0.05, 0) is 30.7 Å². The van der Waals surface area contributed by atoms with E-state index < -0.39 is 22.0 Å². The number of rotatable bonds is 4. The molecule has 2 aliphatic rings. The summed E-state index contributed by atoms with van der Waals surface area (Å²) in [6, 6.07) is 2.07. The maximum Gasteiger partial charge on any atom is 0.404 e. The van der Waals surface area contributed by atoms with Crippen LogP contribution in [0.15, 0.2) is 18.6 Å². The number of aromatic amines is 1. The molecule has 0 radical (unpaired) electrons. The third-order valence-electron chi connectivity index (χ3n) is 5.65. The van der Waals surface area contributed by atoms with E-state index in [1.807, 2.05) is 13.1 Å². The lowest BCUT2D eigenvalue weighted by atomic mass is 10.0. The van der Waals surface area contributed by atoms with Crippen LogP contribution in [0.4, 0.5) is 19.0 Å². The highest BCUT2D eigenvalue weighted by atomic mass is 32.2. The van der Waals surface area contributed by atoms with Crippen molar-refractivity contribution in [1.82, 2.24) is 19.3 Å². The summed E-state index contributed by atoms with van der Waals surface area (Å²) in [5, 5.41) is 0.909. The van der Waals surface area contributed by atoms with E-state index in [1.54, 1.807) is 6.20 Å². The zero-order chi connectivity index (χ0) is 19.4. The van der Waals surface area contributed by atoms with Crippen LogP contribution in [0.5, 0.6) is 0 Å². The largest absolute Gasteiger partial charge is 0.404 e. The van der Waals surface area contributed by atoms with Crippen LogP contribution in [0, 0.1) is 11.8 Å². The van der Waals surface area contributed by atoms with E-state index in [9.17, 15) is 21.6 Å². The maximum atomic E-state index is 12.5. The number of H-pyrrole nitrogens is 1. The molecule has 4 rings (SSSR count). The number of nitrogens with one attached hydrogen (secondary N) is 1. The van der Waals surface area contributed by atoms with Crippen molar-refractivity contribution in [2.24, 2.45) is 11.8 Å². The van der Waals surface area contributed by atoms with Crippen molar-refractivity contribution in [2.45, 2.75) is 25.1 Å². The number of alkyl halides is 3. The number of halogens is 3. The maximum absolute atomic E-state index is 12.5. The molecule has 1 aliphatic carbocycles. The Morgan fingerprint density at radius 2 is 1.93 bits per heavy atom. The van der Waals surface area contributed by atoms with E-state index in [4.69, 9.17) is 0 Å². The Labute approximate surface area is 154 Å². The first-order chi connectivity index (χ1) is 12.6. The number of fused-ring (bicyclic) bond motifs is 2. The van der Waals surface area contributed by atoms with Crippen molar-refractivity contribution < 1.29 is 21.6 Å². The summed E-state index contributed by atoms with van der Waals surface area (Å²) in [5.74, 6) is -0.837. The molecule has 7 nitrogen and oxygen atoms in total. The Bertz CT molecular complexity index is 931. The molecule has 2 aromatic heterocycles. The fraction of sp³-hybridized carbons (Fsp3) is 0.625. The Morgan fingerprint density at radius 3 is 2.56 bits per heavy atom. The molecule has 1 aliphatic heterocycles. The molecule has 3 heterocycles. The summed E-state index contributed by atoms with van der Waals surface area (Å²) in [4.78, 5) is 13.7. The molecule has 1 saturated heterocycles. The lowest BCUT2D eigenvalue weighted by Crippen LogP contribution is -2.38. The molecule has 3 atom stereocenters. The van der Waals surface area contributed by atoms with Crippen LogP contribution in [0.1, 0.15) is 12.8 Å². The molecule has 0 aromatic carbocycles. The van der Waals surface area contributed by atoms with Gasteiger partial charge in [0.15, 0.2) is 5.75 Å². The first kappa shape index (κ1) is 18.5. The zero-order valence-corrected chi connectivity index (χ0v) is 15.5. The lowest BCUT2D eigenvalue weighted by molar-refractivity contribution is -0.107. The Morgan fingerprint density at radius 1 is 1.26 bits per heavy atom. The Kier molecular flexibility index (Phi) is 4.34. The fourth-order valence-electron chi connectivity index (χ4n) is 4.38. The van der Waals surface area contributed by atoms with E-state index >= 15 is 0 Å². The van der Waals surface area contributed by atoms with Gasteiger partial charge in [-0.2, -0.15) is 13.2 Å². The SMILES string of the molecule is CN(c1ncnc2[nH]ccc12)[C@H]1C[C@@H]2CN(S(=O)(=O)CC(F)(F)F)C[C@@H]2C1. The van der Waals surface area contributed by atoms with E-state index in [2.05, 4.69) is 19.9 Å². The number of hydrogen-bond donors (Lipinski definition) is 1. The lowest BCUT2D eigenvalue weighted by Gasteiger charge is -2.27. The second-order valence-corrected chi connectivity index (χ2v) is 9.35. The minimum absolute atomic E-state index is 0.0732. The van der Waals surface area contributed by atoms with Gasteiger partial charge in [0.25, 0.3) is 0 Å². The highest BCUT2D eigenvalue weighted by Crippen LogP contribution is 2.42. The highest BCUT2D eigenvalue weighted by Gasteiger charge is 2.48. The Hall–Kier alpha value is -1.88. The van der Waals surface area contributed by atoms with Crippen molar-refractivity contribution in [3.05, 3.63) is 18.6 Å². The standard InChI is InChI=1S/C16H20F3N5O2S/c1-23(15-13-2-3-20-14(13)21-9-22-15)12-4-10-6-24(7-11(10)5-12)27(25,26)8-16(17,18)19/h2-3,9-12H,4-8H2,1H3,(H,20,21,22)/t10-,11+,12+. The smallest absolute Gasteiger partial charge is 0.356 e. The van der Waals surface area contributed by atoms with Crippen molar-refractivity contribution in [3.63, 3.8) is 0 Å². The molecule has 0 unspecified atom stereocenters. The average Bonchev–Trinajstić information content (AvgIpc) is 3.25. The average molecular weight is 403 g/mol. The molecule has 0 spiro atoms. The quantitative estimate of drug-likeness (QED) is 0.844. The first-order valence-corrected chi connectivity index (χ1v) is 10.3. The molecule has 1 N–H and O–H groups in total. The molecular weight excluding hydrogens is 383 g/mol. The second-order valence-electron chi connectivity index (χ2n) is 7.38. The molecule has 11 heteroatoms. The van der Waals surface area contributed by atoms with Gasteiger partial charge in [-0.15, -0.1) is 0 Å². The fourth-order valence-corrected chi connectivity index (χ4v) is 5.81. The molecule has 1 saturated carbocycles. The summed E-state index contributed by atoms with van der Waals surface area (Å²) < 4.78 is 62.6. The van der Waals surface area contributed by atoms with Gasteiger partial charge in [-0.25, -0.2) is 22.7 Å². The normalized spacial score (nSPS) is 26.6. The second kappa shape index (κ2) is 6.33. The number of anilines is 1. The third kappa shape index (κ3) is 3.49. The molecule has 2 fully saturated rings. The summed E-state index contributed by atoms with van der Waals surface area (Å²) in [5.41, 5.74) is 0.745. The number of aromatic nitrogens is 3. The minimum atomic E-state index is -4.71. The van der Waals surface area contributed by atoms with Crippen LogP contribution in [0.2, 0.25) is 0 Å². The van der Waals surface area contributed by atoms with E-state index in [-0.39, 0.29) is 31.0 Å². The number of hydrogen-bond acceptors (Lipinski definition) is 5. The predicted molar refractivity (Wildman–Crippen MR) is 93.7 cm³/mol. The van der Waals surface area contributed by atoms with Crippen molar-refractivity contribution >= 4 is 26.9 Å². The van der Waals surface area contributed by atoms with E-state index in [0.717, 1.165) is 34.0 Å². The van der Waals surface area contributed by atoms with Crippen molar-refractivity contribution in [3.8, 4) is 0 Å². The van der Waals surface area contributed by atoms with E-state index in [0.29, 0.717) is 0 Å². The van der Waals surface area contributed by atoms with Crippen LogP contribution < -0.4 is 4.90 Å². The van der Waals surface area contributed by atoms with Gasteiger partial charge < -0.3 is 9.88 Å². The third-order valence-corrected chi connectivity index (χ3v) is 7.42. The van der Waals surface area contributed by atoms with Gasteiger partial charge in [0.1, 0.15) is 17.8 Å². The molecular formula is C16H20F3N5O2S. The zero-order valence-electron chi connectivity index (χ0n) is 14.6. The van der Waals surface area contributed by atoms with Gasteiger partial charge in [0, 0.05) is 32.4 Å². The van der Waals surface area contributed by atoms with Gasteiger partial charge >= 0.3 is 6.18 Å². The van der Waals surface area contributed by atoms with Crippen LogP contribution in [-0.2, 0) is 10.0 Å². The summed E-state index contributed by atoms with van der Waals surface area (Å²) in [7, 11) is -2.36. The topological polar surface area (TPSA) is 82.2 Å². The number of nitrogens with zero attached hydrogens (tertiary/aromatic N) is 4. The van der Waals surface area contributed by atoms with Crippen LogP contribution >= 0.6 is 0 Å². The first-order valence-electron chi connectivity index (χ1n) is 8.69. The minimum Gasteiger partial charge on any atom is -0.356 e. The summed E-state index contributed by atoms with van der Waals surface area (Å²) in [6.45, 7) is 0.327. The summed E-state index contributed by atoms with van der Waals surface area (Å²) in [6.07, 6.45) is 0.0355. The summed E-state index contributed by atoms with van der Waals surface area (Å²) >= 11 is 0. The molecule has 148 valence electrons. The van der Waals surface area contributed by atoms with Crippen LogP contribution in [-0.4, -0.2) is 65.8 Å². The van der Waals surface area contributed by atoms with Crippen molar-refractivity contribution in [1.29, 1.82) is 0 Å². The van der Waals surface area contributed by atoms with E-state index in [1.165, 1.54) is 6.33 Å². The molecule has 2 aromatic rings. The highest BCUT2D eigenvalue weighted by molar-refractivity contribution is 7.89. The van der Waals surface area contributed by atoms with Crippen LogP contribution in [0.25, 0.3) is 11.0 Å². The van der Waals surface area contributed by atoms with Gasteiger partial charge in [-0.3, -0.25) is 0 Å². The van der Waals surface area contributed by atoms with Gasteiger partial charge in [-0.1, -0.05) is 0 Å². The molecule has 27 heavy (non-hydrogen) atoms. The van der Waals surface area contributed by atoms with Crippen LogP contribution in [0.3, 0.4) is 0 Å². The molecule has 0 amide bonds. The van der Waals surface area contributed by atoms with Crippen molar-refractivity contribution in [2.75, 3.05) is 30.8 Å². The molecule has 0 bridgehead atoms. The van der Waals surface area contributed by atoms with Gasteiger partial charge in [0.05, 0.1) is 5.39 Å². The Balaban J connectivity index is 1.45. The van der Waals surface area contributed by atoms with Gasteiger partial charge in [0.2, 0.25) is 10.0 Å².